The van der Waals surface area contributed by atoms with Crippen LogP contribution in [0.15, 0.2) is 0 Å². The van der Waals surface area contributed by atoms with E-state index in [4.69, 9.17) is 9.47 Å². The Labute approximate surface area is 128 Å². The molecule has 0 aromatic heterocycles. The van der Waals surface area contributed by atoms with E-state index in [1.807, 2.05) is 0 Å². The number of amides is 1. The first-order chi connectivity index (χ1) is 10.1. The monoisotopic (exact) mass is 298 g/mol. The second-order valence-electron chi connectivity index (χ2n) is 6.70. The van der Waals surface area contributed by atoms with Crippen molar-refractivity contribution >= 4 is 6.09 Å². The largest absolute Gasteiger partial charge is 0.446 e. The summed E-state index contributed by atoms with van der Waals surface area (Å²) in [7, 11) is 0. The number of ether oxygens (including phenoxy) is 2. The third kappa shape index (κ3) is 6.22. The van der Waals surface area contributed by atoms with Crippen molar-refractivity contribution in [2.75, 3.05) is 39.4 Å². The minimum atomic E-state index is -0.276. The molecule has 2 aliphatic heterocycles. The van der Waals surface area contributed by atoms with Gasteiger partial charge in [0, 0.05) is 32.5 Å². The van der Waals surface area contributed by atoms with Crippen LogP contribution in [0, 0.1) is 11.8 Å². The summed E-state index contributed by atoms with van der Waals surface area (Å²) in [6, 6.07) is 0. The predicted molar refractivity (Wildman–Crippen MR) is 82.3 cm³/mol. The number of carbonyl (C=O) groups is 1. The number of rotatable bonds is 5. The van der Waals surface area contributed by atoms with E-state index in [1.165, 1.54) is 19.5 Å². The van der Waals surface area contributed by atoms with Crippen molar-refractivity contribution in [3.63, 3.8) is 0 Å². The van der Waals surface area contributed by atoms with Crippen molar-refractivity contribution in [2.24, 2.45) is 11.8 Å². The Morgan fingerprint density at radius 3 is 2.57 bits per heavy atom. The molecule has 122 valence electrons. The summed E-state index contributed by atoms with van der Waals surface area (Å²) in [5.41, 5.74) is 0. The minimum absolute atomic E-state index is 0.0301. The van der Waals surface area contributed by atoms with Gasteiger partial charge < -0.3 is 19.7 Å². The zero-order valence-corrected chi connectivity index (χ0v) is 13.5. The summed E-state index contributed by atoms with van der Waals surface area (Å²) in [6.07, 6.45) is 3.72. The van der Waals surface area contributed by atoms with Gasteiger partial charge in [0.15, 0.2) is 0 Å². The van der Waals surface area contributed by atoms with Crippen molar-refractivity contribution in [2.45, 2.75) is 45.6 Å². The Kier molecular flexibility index (Phi) is 6.77. The van der Waals surface area contributed by atoms with Crippen LogP contribution in [-0.4, -0.2) is 56.5 Å². The van der Waals surface area contributed by atoms with Crippen molar-refractivity contribution < 1.29 is 14.3 Å². The first-order valence-electron chi connectivity index (χ1n) is 8.38. The van der Waals surface area contributed by atoms with Crippen LogP contribution in [0.5, 0.6) is 0 Å². The number of alkyl carbamates (subject to hydrolysis) is 1. The average Bonchev–Trinajstić information content (AvgIpc) is 2.44. The molecule has 0 aromatic carbocycles. The van der Waals surface area contributed by atoms with Gasteiger partial charge in [0.25, 0.3) is 0 Å². The van der Waals surface area contributed by atoms with E-state index in [9.17, 15) is 4.79 Å². The molecule has 0 saturated carbocycles. The van der Waals surface area contributed by atoms with Crippen molar-refractivity contribution in [1.29, 1.82) is 0 Å². The second kappa shape index (κ2) is 8.59. The molecule has 0 bridgehead atoms. The van der Waals surface area contributed by atoms with Crippen LogP contribution in [-0.2, 0) is 9.47 Å². The van der Waals surface area contributed by atoms with E-state index in [-0.39, 0.29) is 12.2 Å². The van der Waals surface area contributed by atoms with Gasteiger partial charge in [0.05, 0.1) is 13.2 Å². The van der Waals surface area contributed by atoms with Gasteiger partial charge in [-0.3, -0.25) is 0 Å². The van der Waals surface area contributed by atoms with E-state index in [2.05, 4.69) is 24.1 Å². The van der Waals surface area contributed by atoms with Gasteiger partial charge in [-0.15, -0.1) is 0 Å². The molecule has 2 atom stereocenters. The fraction of sp³-hybridized carbons (Fsp3) is 0.938. The maximum absolute atomic E-state index is 11.7. The first-order valence-corrected chi connectivity index (χ1v) is 8.38. The molecule has 0 unspecified atom stereocenters. The highest BCUT2D eigenvalue weighted by molar-refractivity contribution is 5.67. The first kappa shape index (κ1) is 16.6. The molecule has 0 spiro atoms. The van der Waals surface area contributed by atoms with Gasteiger partial charge in [0.2, 0.25) is 0 Å². The number of piperidine rings is 1. The molecule has 0 aliphatic carbocycles. The van der Waals surface area contributed by atoms with Crippen LogP contribution >= 0.6 is 0 Å². The summed E-state index contributed by atoms with van der Waals surface area (Å²) in [5, 5.41) is 2.86. The highest BCUT2D eigenvalue weighted by Gasteiger charge is 2.21. The predicted octanol–water partition coefficient (Wildman–Crippen LogP) is 2.26. The summed E-state index contributed by atoms with van der Waals surface area (Å²) in [5.74, 6) is 1.58. The van der Waals surface area contributed by atoms with Gasteiger partial charge >= 0.3 is 6.09 Å². The van der Waals surface area contributed by atoms with Crippen LogP contribution in [0.25, 0.3) is 0 Å². The number of nitrogens with one attached hydrogen (secondary N) is 1. The second-order valence-corrected chi connectivity index (χ2v) is 6.70. The number of nitrogens with zero attached hydrogens (tertiary/aromatic N) is 1. The van der Waals surface area contributed by atoms with Crippen LogP contribution < -0.4 is 5.32 Å². The zero-order valence-electron chi connectivity index (χ0n) is 13.5. The summed E-state index contributed by atoms with van der Waals surface area (Å²) >= 11 is 0. The van der Waals surface area contributed by atoms with E-state index < -0.39 is 0 Å². The summed E-state index contributed by atoms with van der Waals surface area (Å²) in [6.45, 7) is 10.2. The molecule has 2 aliphatic rings. The minimum Gasteiger partial charge on any atom is -0.446 e. The fourth-order valence-corrected chi connectivity index (χ4v) is 3.45. The van der Waals surface area contributed by atoms with E-state index >= 15 is 0 Å². The van der Waals surface area contributed by atoms with Crippen LogP contribution in [0.4, 0.5) is 4.79 Å². The van der Waals surface area contributed by atoms with E-state index in [0.29, 0.717) is 19.8 Å². The molecule has 0 aromatic rings. The van der Waals surface area contributed by atoms with Crippen molar-refractivity contribution in [3.05, 3.63) is 0 Å². The molecule has 1 amide bonds. The standard InChI is InChI=1S/C16H30N2O3/c1-13-10-14(2)12-18(11-13)7-3-6-17-16(19)21-15-4-8-20-9-5-15/h13-15H,3-12H2,1-2H3,(H,17,19)/t13-,14-/m0/s1. The van der Waals surface area contributed by atoms with Crippen molar-refractivity contribution in [3.8, 4) is 0 Å². The van der Waals surface area contributed by atoms with E-state index in [0.717, 1.165) is 37.6 Å². The van der Waals surface area contributed by atoms with Crippen LogP contribution in [0.3, 0.4) is 0 Å². The lowest BCUT2D eigenvalue weighted by atomic mass is 9.92. The topological polar surface area (TPSA) is 50.8 Å². The number of carbonyl (C=O) groups excluding carboxylic acids is 1. The van der Waals surface area contributed by atoms with Gasteiger partial charge in [-0.25, -0.2) is 4.79 Å². The fourth-order valence-electron chi connectivity index (χ4n) is 3.45. The van der Waals surface area contributed by atoms with Gasteiger partial charge in [0.1, 0.15) is 6.10 Å². The Bertz CT molecular complexity index is 309. The highest BCUT2D eigenvalue weighted by atomic mass is 16.6. The molecule has 5 heteroatoms. The van der Waals surface area contributed by atoms with Crippen LogP contribution in [0.2, 0.25) is 0 Å². The summed E-state index contributed by atoms with van der Waals surface area (Å²) in [4.78, 5) is 14.2. The third-order valence-electron chi connectivity index (χ3n) is 4.31. The maximum Gasteiger partial charge on any atom is 0.407 e. The van der Waals surface area contributed by atoms with Crippen LogP contribution in [0.1, 0.15) is 39.5 Å². The molecule has 2 rings (SSSR count). The molecule has 1 N–H and O–H groups in total. The maximum atomic E-state index is 11.7. The molecular formula is C16H30N2O3. The quantitative estimate of drug-likeness (QED) is 0.791. The lowest BCUT2D eigenvalue weighted by Gasteiger charge is -2.34. The smallest absolute Gasteiger partial charge is 0.407 e. The van der Waals surface area contributed by atoms with Crippen molar-refractivity contribution in [1.82, 2.24) is 10.2 Å². The molecule has 5 nitrogen and oxygen atoms in total. The Morgan fingerprint density at radius 1 is 1.24 bits per heavy atom. The highest BCUT2D eigenvalue weighted by Crippen LogP contribution is 2.20. The number of likely N-dealkylation sites (tertiary alicyclic amines) is 1. The molecule has 2 heterocycles. The van der Waals surface area contributed by atoms with E-state index in [1.54, 1.807) is 0 Å². The lowest BCUT2D eigenvalue weighted by Crippen LogP contribution is -2.40. The normalized spacial score (nSPS) is 28.3. The summed E-state index contributed by atoms with van der Waals surface area (Å²) < 4.78 is 10.6. The Hall–Kier alpha value is -0.810. The van der Waals surface area contributed by atoms with Gasteiger partial charge in [-0.2, -0.15) is 0 Å². The Morgan fingerprint density at radius 2 is 1.90 bits per heavy atom. The number of hydrogen-bond acceptors (Lipinski definition) is 4. The zero-order chi connectivity index (χ0) is 15.1. The molecule has 0 radical (unpaired) electrons. The average molecular weight is 298 g/mol. The van der Waals surface area contributed by atoms with Gasteiger partial charge in [-0.05, 0) is 31.2 Å². The SMILES string of the molecule is C[C@H]1C[C@H](C)CN(CCCNC(=O)OC2CCOCC2)C1. The molecule has 2 fully saturated rings. The van der Waals surface area contributed by atoms with Gasteiger partial charge in [-0.1, -0.05) is 13.8 Å². The third-order valence-corrected chi connectivity index (χ3v) is 4.31. The molecule has 21 heavy (non-hydrogen) atoms. The Balaban J connectivity index is 1.53. The lowest BCUT2D eigenvalue weighted by molar-refractivity contribution is 0.00159. The number of hydrogen-bond donors (Lipinski definition) is 1. The molecular weight excluding hydrogens is 268 g/mol. The molecule has 2 saturated heterocycles.